The average Bonchev–Trinajstić information content (AvgIpc) is 3.27. The van der Waals surface area contributed by atoms with E-state index in [1.54, 1.807) is 15.4 Å². The molecule has 28 heavy (non-hydrogen) atoms. The summed E-state index contributed by atoms with van der Waals surface area (Å²) in [7, 11) is 4.93. The molecule has 0 bridgehead atoms. The van der Waals surface area contributed by atoms with Crippen LogP contribution >= 0.6 is 32.9 Å². The van der Waals surface area contributed by atoms with E-state index in [2.05, 4.69) is 11.0 Å². The van der Waals surface area contributed by atoms with Gasteiger partial charge in [0.05, 0.1) is 16.1 Å². The van der Waals surface area contributed by atoms with E-state index in [4.69, 9.17) is 0 Å². The second-order valence-corrected chi connectivity index (χ2v) is 9.92. The summed E-state index contributed by atoms with van der Waals surface area (Å²) in [5.74, 6) is 0.0993. The number of thiophene rings is 1. The number of aryl methyl sites for hydroxylation is 1. The molecule has 0 radical (unpaired) electrons. The van der Waals surface area contributed by atoms with Crippen LogP contribution in [0.15, 0.2) is 51.5 Å². The van der Waals surface area contributed by atoms with Gasteiger partial charge in [0.2, 0.25) is 0 Å². The molecule has 1 saturated heterocycles. The van der Waals surface area contributed by atoms with Crippen LogP contribution in [-0.2, 0) is 7.05 Å². The number of fused-ring (bicyclic) bond motifs is 1. The standard InChI is InChI=1S/C20H21N3O2S3/c1-21-15-7-4-3-6-14(15)17(18(20(21)25)28-26-2)22-9-11-23(12-10-22)19(24)16-8-5-13-27-16/h3-8,13H,9-12H2,1-2H3. The number of hydrogen-bond donors (Lipinski definition) is 0. The van der Waals surface area contributed by atoms with Gasteiger partial charge in [0.1, 0.15) is 4.90 Å². The SMILES string of the molecule is CSSc1c(N2CCN(C(=O)c3cccs3)CC2)c2ccccc2n(C)c1=O. The molecule has 5 nitrogen and oxygen atoms in total. The fraction of sp³-hybridized carbons (Fsp3) is 0.300. The molecule has 0 N–H and O–H groups in total. The van der Waals surface area contributed by atoms with E-state index < -0.39 is 0 Å². The minimum absolute atomic E-state index is 0.0325. The predicted octanol–water partition coefficient (Wildman–Crippen LogP) is 3.93. The van der Waals surface area contributed by atoms with Gasteiger partial charge in [-0.2, -0.15) is 0 Å². The van der Waals surface area contributed by atoms with Crippen molar-refractivity contribution in [3.8, 4) is 0 Å². The van der Waals surface area contributed by atoms with Gasteiger partial charge in [-0.3, -0.25) is 9.59 Å². The summed E-state index contributed by atoms with van der Waals surface area (Å²) in [4.78, 5) is 31.4. The smallest absolute Gasteiger partial charge is 0.267 e. The first kappa shape index (κ1) is 19.4. The molecule has 0 saturated carbocycles. The average molecular weight is 432 g/mol. The Bertz CT molecular complexity index is 1050. The number of pyridine rings is 1. The molecular weight excluding hydrogens is 410 g/mol. The molecule has 1 aromatic carbocycles. The summed E-state index contributed by atoms with van der Waals surface area (Å²) in [6.45, 7) is 2.75. The van der Waals surface area contributed by atoms with Crippen molar-refractivity contribution < 1.29 is 4.79 Å². The Kier molecular flexibility index (Phi) is 5.70. The van der Waals surface area contributed by atoms with Gasteiger partial charge in [0.25, 0.3) is 11.5 Å². The summed E-state index contributed by atoms with van der Waals surface area (Å²) in [5, 5.41) is 3.01. The van der Waals surface area contributed by atoms with Gasteiger partial charge in [0.15, 0.2) is 0 Å². The van der Waals surface area contributed by atoms with Crippen molar-refractivity contribution in [3.63, 3.8) is 0 Å². The van der Waals surface area contributed by atoms with Crippen molar-refractivity contribution >= 4 is 55.4 Å². The zero-order chi connectivity index (χ0) is 19.7. The van der Waals surface area contributed by atoms with Crippen molar-refractivity contribution in [2.45, 2.75) is 4.90 Å². The molecular formula is C20H21N3O2S3. The van der Waals surface area contributed by atoms with Gasteiger partial charge < -0.3 is 14.4 Å². The van der Waals surface area contributed by atoms with E-state index in [0.717, 1.165) is 39.5 Å². The minimum atomic E-state index is 0.0325. The molecule has 1 amide bonds. The van der Waals surface area contributed by atoms with Crippen LogP contribution in [0.4, 0.5) is 5.69 Å². The second-order valence-electron chi connectivity index (χ2n) is 6.57. The lowest BCUT2D eigenvalue weighted by atomic mass is 10.1. The first-order valence-corrected chi connectivity index (χ1v) is 12.5. The monoisotopic (exact) mass is 431 g/mol. The maximum absolute atomic E-state index is 13.0. The third-order valence-corrected chi connectivity index (χ3v) is 7.58. The van der Waals surface area contributed by atoms with E-state index in [1.165, 1.54) is 22.1 Å². The highest BCUT2D eigenvalue weighted by Crippen LogP contribution is 2.39. The topological polar surface area (TPSA) is 45.5 Å². The number of anilines is 1. The lowest BCUT2D eigenvalue weighted by molar-refractivity contribution is 0.0751. The molecule has 0 atom stereocenters. The summed E-state index contributed by atoms with van der Waals surface area (Å²) in [6, 6.07) is 11.8. The van der Waals surface area contributed by atoms with Crippen LogP contribution < -0.4 is 10.5 Å². The molecule has 1 fully saturated rings. The quantitative estimate of drug-likeness (QED) is 0.586. The molecule has 146 valence electrons. The number of carbonyl (C=O) groups excluding carboxylic acids is 1. The number of rotatable bonds is 4. The third-order valence-electron chi connectivity index (χ3n) is 5.02. The van der Waals surface area contributed by atoms with Gasteiger partial charge in [-0.25, -0.2) is 0 Å². The number of piperazine rings is 1. The van der Waals surface area contributed by atoms with E-state index in [1.807, 2.05) is 53.9 Å². The second kappa shape index (κ2) is 8.23. The van der Waals surface area contributed by atoms with Crippen molar-refractivity contribution in [3.05, 3.63) is 57.0 Å². The molecule has 2 aromatic heterocycles. The van der Waals surface area contributed by atoms with Crippen molar-refractivity contribution in [1.29, 1.82) is 0 Å². The summed E-state index contributed by atoms with van der Waals surface area (Å²) in [5.41, 5.74) is 1.97. The Morgan fingerprint density at radius 1 is 1.07 bits per heavy atom. The highest BCUT2D eigenvalue weighted by Gasteiger charge is 2.27. The largest absolute Gasteiger partial charge is 0.366 e. The van der Waals surface area contributed by atoms with Crippen molar-refractivity contribution in [2.75, 3.05) is 37.3 Å². The fourth-order valence-corrected chi connectivity index (χ4v) is 5.95. The highest BCUT2D eigenvalue weighted by molar-refractivity contribution is 8.76. The zero-order valence-corrected chi connectivity index (χ0v) is 18.2. The van der Waals surface area contributed by atoms with Crippen LogP contribution in [-0.4, -0.2) is 47.8 Å². The first-order chi connectivity index (χ1) is 13.6. The van der Waals surface area contributed by atoms with Crippen LogP contribution in [0, 0.1) is 0 Å². The molecule has 3 heterocycles. The fourth-order valence-electron chi connectivity index (χ4n) is 3.61. The minimum Gasteiger partial charge on any atom is -0.366 e. The molecule has 1 aliphatic rings. The molecule has 3 aromatic rings. The van der Waals surface area contributed by atoms with Crippen LogP contribution in [0.5, 0.6) is 0 Å². The maximum Gasteiger partial charge on any atom is 0.267 e. The summed E-state index contributed by atoms with van der Waals surface area (Å²) >= 11 is 1.48. The van der Waals surface area contributed by atoms with Gasteiger partial charge in [-0.05, 0) is 34.6 Å². The molecule has 1 aliphatic heterocycles. The number of carbonyl (C=O) groups is 1. The Hall–Kier alpha value is -1.90. The predicted molar refractivity (Wildman–Crippen MR) is 121 cm³/mol. The van der Waals surface area contributed by atoms with Gasteiger partial charge >= 0.3 is 0 Å². The number of hydrogen-bond acceptors (Lipinski definition) is 6. The van der Waals surface area contributed by atoms with E-state index in [9.17, 15) is 9.59 Å². The van der Waals surface area contributed by atoms with Gasteiger partial charge in [-0.1, -0.05) is 35.1 Å². The lowest BCUT2D eigenvalue weighted by Gasteiger charge is -2.37. The Balaban J connectivity index is 1.68. The Morgan fingerprint density at radius 2 is 1.82 bits per heavy atom. The number of nitrogens with zero attached hydrogens (tertiary/aromatic N) is 3. The molecule has 0 spiro atoms. The first-order valence-electron chi connectivity index (χ1n) is 9.02. The number of benzene rings is 1. The van der Waals surface area contributed by atoms with Crippen LogP contribution in [0.3, 0.4) is 0 Å². The summed E-state index contributed by atoms with van der Waals surface area (Å²) in [6.07, 6.45) is 1.99. The zero-order valence-electron chi connectivity index (χ0n) is 15.8. The van der Waals surface area contributed by atoms with Crippen LogP contribution in [0.2, 0.25) is 0 Å². The lowest BCUT2D eigenvalue weighted by Crippen LogP contribution is -2.49. The molecule has 4 rings (SSSR count). The van der Waals surface area contributed by atoms with Crippen LogP contribution in [0.25, 0.3) is 10.9 Å². The highest BCUT2D eigenvalue weighted by atomic mass is 33.1. The molecule has 8 heteroatoms. The van der Waals surface area contributed by atoms with E-state index in [0.29, 0.717) is 13.1 Å². The normalized spacial score (nSPS) is 14.6. The third kappa shape index (κ3) is 3.44. The van der Waals surface area contributed by atoms with E-state index >= 15 is 0 Å². The Morgan fingerprint density at radius 3 is 2.50 bits per heavy atom. The van der Waals surface area contributed by atoms with Gasteiger partial charge in [0, 0.05) is 38.6 Å². The number of para-hydroxylation sites is 1. The van der Waals surface area contributed by atoms with Crippen molar-refractivity contribution in [1.82, 2.24) is 9.47 Å². The number of amides is 1. The van der Waals surface area contributed by atoms with Crippen LogP contribution in [0.1, 0.15) is 9.67 Å². The van der Waals surface area contributed by atoms with Gasteiger partial charge in [-0.15, -0.1) is 11.3 Å². The maximum atomic E-state index is 13.0. The van der Waals surface area contributed by atoms with E-state index in [-0.39, 0.29) is 11.5 Å². The number of aromatic nitrogens is 1. The summed E-state index contributed by atoms with van der Waals surface area (Å²) < 4.78 is 1.73. The Labute approximate surface area is 175 Å². The molecule has 0 unspecified atom stereocenters. The van der Waals surface area contributed by atoms with Crippen molar-refractivity contribution in [2.24, 2.45) is 7.05 Å². The molecule has 0 aliphatic carbocycles.